The maximum atomic E-state index is 13.0. The summed E-state index contributed by atoms with van der Waals surface area (Å²) in [5, 5.41) is 4.30. The van der Waals surface area contributed by atoms with Crippen LogP contribution in [0.25, 0.3) is 10.9 Å². The number of halogens is 1. The number of nitrogens with one attached hydrogen (secondary N) is 1. The highest BCUT2D eigenvalue weighted by atomic mass is 35.5. The molecule has 0 radical (unpaired) electrons. The lowest BCUT2D eigenvalue weighted by Crippen LogP contribution is -2.38. The first-order valence-electron chi connectivity index (χ1n) is 12.2. The number of rotatable bonds is 5. The van der Waals surface area contributed by atoms with E-state index in [-0.39, 0.29) is 16.7 Å². The number of anilines is 1. The van der Waals surface area contributed by atoms with Crippen molar-refractivity contribution in [3.05, 3.63) is 101 Å². The minimum absolute atomic E-state index is 0.145. The van der Waals surface area contributed by atoms with E-state index in [0.29, 0.717) is 40.8 Å². The van der Waals surface area contributed by atoms with Gasteiger partial charge in [-0.3, -0.25) is 14.6 Å². The SMILES string of the molecule is CS(=O)(=O)c1cccc(C(=O)N2CCC(c3ccc(NC(=O)c4cnc5ccc(Cl)cc5c4)cc3)CC2)c1. The third-order valence-electron chi connectivity index (χ3n) is 6.84. The van der Waals surface area contributed by atoms with E-state index in [0.717, 1.165) is 35.6 Å². The van der Waals surface area contributed by atoms with Crippen molar-refractivity contribution in [2.75, 3.05) is 24.7 Å². The third kappa shape index (κ3) is 5.71. The minimum atomic E-state index is -3.38. The molecule has 5 rings (SSSR count). The van der Waals surface area contributed by atoms with Crippen molar-refractivity contribution in [2.45, 2.75) is 23.7 Å². The number of piperidine rings is 1. The number of sulfone groups is 1. The van der Waals surface area contributed by atoms with Gasteiger partial charge in [-0.05, 0) is 78.9 Å². The quantitative estimate of drug-likeness (QED) is 0.352. The molecular formula is C29H26ClN3O4S. The number of fused-ring (bicyclic) bond motifs is 1. The number of hydrogen-bond acceptors (Lipinski definition) is 5. The second-order valence-electron chi connectivity index (χ2n) is 9.50. The van der Waals surface area contributed by atoms with Gasteiger partial charge in [-0.15, -0.1) is 0 Å². The zero-order valence-electron chi connectivity index (χ0n) is 20.7. The number of likely N-dealkylation sites (tertiary alicyclic amines) is 1. The van der Waals surface area contributed by atoms with Gasteiger partial charge in [-0.1, -0.05) is 29.8 Å². The minimum Gasteiger partial charge on any atom is -0.339 e. The molecule has 4 aromatic rings. The Kier molecular flexibility index (Phi) is 7.19. The summed E-state index contributed by atoms with van der Waals surface area (Å²) in [6.07, 6.45) is 4.28. The Labute approximate surface area is 226 Å². The van der Waals surface area contributed by atoms with Gasteiger partial charge in [0.05, 0.1) is 16.0 Å². The highest BCUT2D eigenvalue weighted by molar-refractivity contribution is 7.90. The van der Waals surface area contributed by atoms with Gasteiger partial charge in [0, 0.05) is 47.2 Å². The molecule has 2 heterocycles. The van der Waals surface area contributed by atoms with Crippen LogP contribution in [-0.2, 0) is 9.84 Å². The molecule has 1 aliphatic rings. The van der Waals surface area contributed by atoms with Crippen LogP contribution >= 0.6 is 11.6 Å². The highest BCUT2D eigenvalue weighted by Crippen LogP contribution is 2.30. The topological polar surface area (TPSA) is 96.4 Å². The van der Waals surface area contributed by atoms with E-state index in [2.05, 4.69) is 10.3 Å². The van der Waals surface area contributed by atoms with Gasteiger partial charge in [0.1, 0.15) is 0 Å². The van der Waals surface area contributed by atoms with E-state index in [1.807, 2.05) is 30.3 Å². The molecule has 1 fully saturated rings. The second-order valence-corrected chi connectivity index (χ2v) is 12.0. The lowest BCUT2D eigenvalue weighted by atomic mass is 9.89. The van der Waals surface area contributed by atoms with Crippen molar-refractivity contribution >= 4 is 49.8 Å². The van der Waals surface area contributed by atoms with Crippen LogP contribution in [0.3, 0.4) is 0 Å². The molecule has 3 aromatic carbocycles. The molecule has 0 bridgehead atoms. The van der Waals surface area contributed by atoms with Crippen LogP contribution in [0.4, 0.5) is 5.69 Å². The molecule has 1 aromatic heterocycles. The molecular weight excluding hydrogens is 522 g/mol. The van der Waals surface area contributed by atoms with E-state index in [9.17, 15) is 18.0 Å². The molecule has 2 amide bonds. The second kappa shape index (κ2) is 10.6. The maximum absolute atomic E-state index is 13.0. The van der Waals surface area contributed by atoms with Crippen LogP contribution in [0, 0.1) is 0 Å². The van der Waals surface area contributed by atoms with E-state index >= 15 is 0 Å². The van der Waals surface area contributed by atoms with Crippen LogP contribution in [0.1, 0.15) is 45.0 Å². The molecule has 0 spiro atoms. The summed E-state index contributed by atoms with van der Waals surface area (Å²) in [7, 11) is -3.38. The predicted molar refractivity (Wildman–Crippen MR) is 149 cm³/mol. The number of amides is 2. The molecule has 1 saturated heterocycles. The molecule has 1 aliphatic heterocycles. The van der Waals surface area contributed by atoms with Crippen LogP contribution in [0.5, 0.6) is 0 Å². The molecule has 0 unspecified atom stereocenters. The van der Waals surface area contributed by atoms with Gasteiger partial charge in [-0.25, -0.2) is 8.42 Å². The Morgan fingerprint density at radius 3 is 2.39 bits per heavy atom. The zero-order valence-corrected chi connectivity index (χ0v) is 22.3. The van der Waals surface area contributed by atoms with E-state index in [1.54, 1.807) is 41.4 Å². The summed E-state index contributed by atoms with van der Waals surface area (Å²) in [6.45, 7) is 1.17. The number of carbonyl (C=O) groups excluding carboxylic acids is 2. The number of benzene rings is 3. The monoisotopic (exact) mass is 547 g/mol. The number of hydrogen-bond donors (Lipinski definition) is 1. The largest absolute Gasteiger partial charge is 0.339 e. The molecule has 38 heavy (non-hydrogen) atoms. The highest BCUT2D eigenvalue weighted by Gasteiger charge is 2.25. The van der Waals surface area contributed by atoms with Crippen LogP contribution in [0.15, 0.2) is 83.9 Å². The van der Waals surface area contributed by atoms with E-state index < -0.39 is 9.84 Å². The first-order valence-corrected chi connectivity index (χ1v) is 14.5. The lowest BCUT2D eigenvalue weighted by molar-refractivity contribution is 0.0712. The normalized spacial score (nSPS) is 14.4. The van der Waals surface area contributed by atoms with Gasteiger partial charge in [0.15, 0.2) is 9.84 Å². The number of carbonyl (C=O) groups is 2. The summed E-state index contributed by atoms with van der Waals surface area (Å²) < 4.78 is 23.7. The van der Waals surface area contributed by atoms with Gasteiger partial charge in [0.2, 0.25) is 0 Å². The summed E-state index contributed by atoms with van der Waals surface area (Å²) in [5.74, 6) is -0.114. The average Bonchev–Trinajstić information content (AvgIpc) is 2.92. The first-order chi connectivity index (χ1) is 18.2. The Balaban J connectivity index is 1.19. The fourth-order valence-corrected chi connectivity index (χ4v) is 5.57. The Morgan fingerprint density at radius 1 is 0.947 bits per heavy atom. The summed E-state index contributed by atoms with van der Waals surface area (Å²) in [4.78, 5) is 32.0. The predicted octanol–water partition coefficient (Wildman–Crippen LogP) is 5.56. The number of pyridine rings is 1. The van der Waals surface area contributed by atoms with E-state index in [4.69, 9.17) is 11.6 Å². The van der Waals surface area contributed by atoms with Crippen molar-refractivity contribution in [1.82, 2.24) is 9.88 Å². The Bertz CT molecular complexity index is 1630. The lowest BCUT2D eigenvalue weighted by Gasteiger charge is -2.32. The van der Waals surface area contributed by atoms with Crippen molar-refractivity contribution in [1.29, 1.82) is 0 Å². The van der Waals surface area contributed by atoms with Gasteiger partial charge < -0.3 is 10.2 Å². The molecule has 194 valence electrons. The zero-order chi connectivity index (χ0) is 26.9. The fourth-order valence-electron chi connectivity index (χ4n) is 4.73. The smallest absolute Gasteiger partial charge is 0.257 e. The summed E-state index contributed by atoms with van der Waals surface area (Å²) >= 11 is 6.06. The van der Waals surface area contributed by atoms with Crippen molar-refractivity contribution in [3.63, 3.8) is 0 Å². The molecule has 0 aliphatic carbocycles. The molecule has 7 nitrogen and oxygen atoms in total. The molecule has 0 atom stereocenters. The van der Waals surface area contributed by atoms with Crippen LogP contribution < -0.4 is 5.32 Å². The number of aromatic nitrogens is 1. The molecule has 9 heteroatoms. The maximum Gasteiger partial charge on any atom is 0.257 e. The van der Waals surface area contributed by atoms with Crippen molar-refractivity contribution in [3.8, 4) is 0 Å². The summed E-state index contributed by atoms with van der Waals surface area (Å²) in [5.41, 5.74) is 3.43. The average molecular weight is 548 g/mol. The molecule has 0 saturated carbocycles. The van der Waals surface area contributed by atoms with Crippen molar-refractivity contribution < 1.29 is 18.0 Å². The standard InChI is InChI=1S/C29H26ClN3O4S/c1-38(36,37)26-4-2-3-21(17-26)29(35)33-13-11-20(12-14-33)19-5-8-25(9-6-19)32-28(34)23-15-22-16-24(30)7-10-27(22)31-18-23/h2-10,15-18,20H,11-14H2,1H3,(H,32,34). The van der Waals surface area contributed by atoms with Gasteiger partial charge in [-0.2, -0.15) is 0 Å². The number of nitrogens with zero attached hydrogens (tertiary/aromatic N) is 2. The Hall–Kier alpha value is -3.75. The summed E-state index contributed by atoms with van der Waals surface area (Å²) in [6, 6.07) is 21.1. The van der Waals surface area contributed by atoms with E-state index in [1.165, 1.54) is 12.1 Å². The van der Waals surface area contributed by atoms with Crippen LogP contribution in [-0.4, -0.2) is 49.5 Å². The van der Waals surface area contributed by atoms with Gasteiger partial charge in [0.25, 0.3) is 11.8 Å². The molecule has 1 N–H and O–H groups in total. The Morgan fingerprint density at radius 2 is 1.68 bits per heavy atom. The van der Waals surface area contributed by atoms with Crippen LogP contribution in [0.2, 0.25) is 5.02 Å². The van der Waals surface area contributed by atoms with Gasteiger partial charge >= 0.3 is 0 Å². The fraction of sp³-hybridized carbons (Fsp3) is 0.207. The third-order valence-corrected chi connectivity index (χ3v) is 8.18. The first kappa shape index (κ1) is 25.9. The van der Waals surface area contributed by atoms with Crippen molar-refractivity contribution in [2.24, 2.45) is 0 Å².